The fraction of sp³-hybridized carbons (Fsp3) is 0.286. The highest BCUT2D eigenvalue weighted by Crippen LogP contribution is 2.20. The molecule has 1 aromatic carbocycles. The lowest BCUT2D eigenvalue weighted by Gasteiger charge is -2.21. The van der Waals surface area contributed by atoms with E-state index >= 15 is 0 Å². The highest BCUT2D eigenvalue weighted by Gasteiger charge is 2.31. The van der Waals surface area contributed by atoms with Crippen LogP contribution in [-0.4, -0.2) is 28.6 Å². The van der Waals surface area contributed by atoms with Crippen LogP contribution in [0.4, 0.5) is 0 Å². The van der Waals surface area contributed by atoms with Crippen LogP contribution in [0.5, 0.6) is 0 Å². The van der Waals surface area contributed by atoms with E-state index < -0.39 is 13.0 Å². The molecule has 0 atom stereocenters. The number of hydrogen-bond acceptors (Lipinski definition) is 3. The van der Waals surface area contributed by atoms with E-state index in [0.717, 1.165) is 17.0 Å². The van der Waals surface area contributed by atoms with Gasteiger partial charge in [-0.2, -0.15) is 5.10 Å². The third kappa shape index (κ3) is 4.59. The van der Waals surface area contributed by atoms with Gasteiger partial charge in [-0.15, -0.1) is 0 Å². The predicted molar refractivity (Wildman–Crippen MR) is 88.6 cm³/mol. The number of hydrazone groups is 1. The summed E-state index contributed by atoms with van der Waals surface area (Å²) in [5, 5.41) is 14.4. The third-order valence-electron chi connectivity index (χ3n) is 2.92. The van der Waals surface area contributed by atoms with Gasteiger partial charge in [0, 0.05) is 0 Å². The van der Waals surface area contributed by atoms with E-state index in [2.05, 4.69) is 5.10 Å². The molecule has 0 bridgehead atoms. The van der Waals surface area contributed by atoms with E-state index in [1.165, 1.54) is 0 Å². The molecule has 0 unspecified atom stereocenters. The lowest BCUT2D eigenvalue weighted by molar-refractivity contribution is 0.0845. The zero-order chi connectivity index (χ0) is 15.8. The number of hydrogen-bond donors (Lipinski definition) is 1. The van der Waals surface area contributed by atoms with Gasteiger partial charge < -0.3 is 5.02 Å². The first-order valence-corrected chi connectivity index (χ1v) is 7.45. The van der Waals surface area contributed by atoms with Crippen molar-refractivity contribution in [2.45, 2.75) is 26.7 Å². The maximum absolute atomic E-state index is 12.5. The first kappa shape index (κ1) is 17.8. The number of allylic oxidation sites excluding steroid dienone is 2. The van der Waals surface area contributed by atoms with Crippen molar-refractivity contribution >= 4 is 41.8 Å². The summed E-state index contributed by atoms with van der Waals surface area (Å²) in [6.07, 6.45) is 3.21. The van der Waals surface area contributed by atoms with E-state index in [9.17, 15) is 9.82 Å². The predicted octanol–water partition coefficient (Wildman–Crippen LogP) is 3.73. The van der Waals surface area contributed by atoms with Crippen molar-refractivity contribution in [1.82, 2.24) is 4.92 Å². The van der Waals surface area contributed by atoms with Gasteiger partial charge in [-0.05, 0) is 25.0 Å². The molecule has 112 valence electrons. The second-order valence-electron chi connectivity index (χ2n) is 4.26. The molecule has 0 aliphatic rings. The normalized spacial score (nSPS) is 11.8. The molecule has 21 heavy (non-hydrogen) atoms. The Hall–Kier alpha value is -1.30. The Morgan fingerprint density at radius 1 is 1.43 bits per heavy atom. The Morgan fingerprint density at radius 2 is 2.10 bits per heavy atom. The van der Waals surface area contributed by atoms with Gasteiger partial charge in [0.25, 0.3) is 5.91 Å². The molecule has 0 radical (unpaired) electrons. The minimum atomic E-state index is -1.17. The SMILES string of the molecule is CC/C=C(\CC)B(O)N(/N=C\Cl)C(=O)c1ccccc1Cl. The largest absolute Gasteiger partial charge is 0.469 e. The van der Waals surface area contributed by atoms with Crippen LogP contribution < -0.4 is 0 Å². The number of amides is 1. The van der Waals surface area contributed by atoms with Crippen molar-refractivity contribution in [2.75, 3.05) is 0 Å². The molecular weight excluding hydrogens is 310 g/mol. The van der Waals surface area contributed by atoms with E-state index in [-0.39, 0.29) is 5.56 Å². The van der Waals surface area contributed by atoms with Crippen molar-refractivity contribution in [3.63, 3.8) is 0 Å². The summed E-state index contributed by atoms with van der Waals surface area (Å²) in [6.45, 7) is 3.85. The summed E-state index contributed by atoms with van der Waals surface area (Å²) in [5.74, 6) is -0.513. The van der Waals surface area contributed by atoms with Crippen molar-refractivity contribution in [1.29, 1.82) is 0 Å². The van der Waals surface area contributed by atoms with Crippen molar-refractivity contribution in [3.05, 3.63) is 46.4 Å². The Labute approximate surface area is 135 Å². The first-order valence-electron chi connectivity index (χ1n) is 6.64. The summed E-state index contributed by atoms with van der Waals surface area (Å²) in [4.78, 5) is 13.4. The van der Waals surface area contributed by atoms with Crippen LogP contribution in [0, 0.1) is 0 Å². The smallest absolute Gasteiger partial charge is 0.428 e. The Morgan fingerprint density at radius 3 is 2.62 bits per heavy atom. The summed E-state index contributed by atoms with van der Waals surface area (Å²) in [5.41, 5.74) is 1.89. The summed E-state index contributed by atoms with van der Waals surface area (Å²) >= 11 is 11.5. The molecule has 0 saturated heterocycles. The topological polar surface area (TPSA) is 52.9 Å². The van der Waals surface area contributed by atoms with E-state index in [0.29, 0.717) is 16.9 Å². The minimum Gasteiger partial charge on any atom is -0.428 e. The van der Waals surface area contributed by atoms with Crippen LogP contribution in [0.3, 0.4) is 0 Å². The lowest BCUT2D eigenvalue weighted by atomic mass is 9.70. The zero-order valence-corrected chi connectivity index (χ0v) is 13.5. The number of rotatable bonds is 6. The molecular formula is C14H17BCl2N2O2. The Kier molecular flexibility index (Phi) is 7.50. The third-order valence-corrected chi connectivity index (χ3v) is 3.34. The van der Waals surface area contributed by atoms with Gasteiger partial charge in [0.05, 0.1) is 10.6 Å². The van der Waals surface area contributed by atoms with Gasteiger partial charge in [0.1, 0.15) is 5.67 Å². The Balaban J connectivity index is 3.15. The summed E-state index contributed by atoms with van der Waals surface area (Å²) < 4.78 is 0. The van der Waals surface area contributed by atoms with Gasteiger partial charge in [-0.3, -0.25) is 4.79 Å². The molecule has 0 fully saturated rings. The maximum Gasteiger partial charge on any atom is 0.469 e. The van der Waals surface area contributed by atoms with E-state index in [1.54, 1.807) is 24.3 Å². The monoisotopic (exact) mass is 326 g/mol. The molecule has 0 spiro atoms. The van der Waals surface area contributed by atoms with Gasteiger partial charge in [0.15, 0.2) is 0 Å². The van der Waals surface area contributed by atoms with Gasteiger partial charge >= 0.3 is 7.05 Å². The highest BCUT2D eigenvalue weighted by atomic mass is 35.5. The first-order chi connectivity index (χ1) is 10.1. The standard InChI is InChI=1S/C14H17BCl2N2O2/c1-3-7-11(4-2)15(21)19(18-10-16)14(20)12-8-5-6-9-13(12)17/h5-10,21H,3-4H2,1-2H3/b11-7+,18-10-. The fourth-order valence-corrected chi connectivity index (χ4v) is 2.19. The van der Waals surface area contributed by atoms with Crippen molar-refractivity contribution < 1.29 is 9.82 Å². The van der Waals surface area contributed by atoms with Crippen LogP contribution in [0.25, 0.3) is 0 Å². The zero-order valence-electron chi connectivity index (χ0n) is 12.0. The lowest BCUT2D eigenvalue weighted by Crippen LogP contribution is -2.42. The molecule has 1 rings (SSSR count). The molecule has 1 N–H and O–H groups in total. The van der Waals surface area contributed by atoms with Gasteiger partial charge in [0.2, 0.25) is 0 Å². The number of benzene rings is 1. The highest BCUT2D eigenvalue weighted by molar-refractivity contribution is 6.60. The number of carbonyl (C=O) groups is 1. The number of halogens is 2. The molecule has 0 aliphatic carbocycles. The molecule has 1 amide bonds. The van der Waals surface area contributed by atoms with Crippen LogP contribution >= 0.6 is 23.2 Å². The molecule has 7 heteroatoms. The van der Waals surface area contributed by atoms with E-state index in [4.69, 9.17) is 23.2 Å². The summed E-state index contributed by atoms with van der Waals surface area (Å²) in [7, 11) is -1.17. The fourth-order valence-electron chi connectivity index (χ4n) is 1.88. The van der Waals surface area contributed by atoms with Crippen LogP contribution in [0.2, 0.25) is 5.02 Å². The van der Waals surface area contributed by atoms with Crippen LogP contribution in [0.1, 0.15) is 37.0 Å². The minimum absolute atomic E-state index is 0.257. The maximum atomic E-state index is 12.5. The Bertz CT molecular complexity index is 550. The quantitative estimate of drug-likeness (QED) is 0.492. The average Bonchev–Trinajstić information content (AvgIpc) is 2.49. The molecule has 0 aromatic heterocycles. The van der Waals surface area contributed by atoms with Crippen molar-refractivity contribution in [2.24, 2.45) is 5.10 Å². The second-order valence-corrected chi connectivity index (χ2v) is 4.86. The van der Waals surface area contributed by atoms with Crippen LogP contribution in [-0.2, 0) is 0 Å². The molecule has 4 nitrogen and oxygen atoms in total. The average molecular weight is 327 g/mol. The second kappa shape index (κ2) is 8.87. The number of nitrogens with zero attached hydrogens (tertiary/aromatic N) is 2. The van der Waals surface area contributed by atoms with Gasteiger partial charge in [-0.1, -0.05) is 60.7 Å². The summed E-state index contributed by atoms with van der Waals surface area (Å²) in [6, 6.07) is 6.59. The molecule has 1 aromatic rings. The van der Waals surface area contributed by atoms with Crippen LogP contribution in [0.15, 0.2) is 40.9 Å². The molecule has 0 heterocycles. The molecule has 0 saturated carbocycles. The molecule has 0 aliphatic heterocycles. The number of carbonyl (C=O) groups excluding carboxylic acids is 1. The van der Waals surface area contributed by atoms with Crippen molar-refractivity contribution in [3.8, 4) is 0 Å². The van der Waals surface area contributed by atoms with E-state index in [1.807, 2.05) is 19.9 Å². The van der Waals surface area contributed by atoms with Gasteiger partial charge in [-0.25, -0.2) is 4.92 Å².